The highest BCUT2D eigenvalue weighted by Crippen LogP contribution is 2.36. The molecular weight excluding hydrogens is 312 g/mol. The van der Waals surface area contributed by atoms with Gasteiger partial charge in [0.15, 0.2) is 11.4 Å². The SMILES string of the molecule is Cc1ccc(C)n1-c1noc2c(N3CC[C@@H](N)C3)cc(Cl)cc12. The van der Waals surface area contributed by atoms with E-state index in [4.69, 9.17) is 21.9 Å². The van der Waals surface area contributed by atoms with Crippen molar-refractivity contribution in [2.24, 2.45) is 5.73 Å². The quantitative estimate of drug-likeness (QED) is 0.782. The highest BCUT2D eigenvalue weighted by atomic mass is 35.5. The van der Waals surface area contributed by atoms with Crippen LogP contribution in [0.3, 0.4) is 0 Å². The summed E-state index contributed by atoms with van der Waals surface area (Å²) in [6.07, 6.45) is 0.977. The van der Waals surface area contributed by atoms with E-state index in [9.17, 15) is 0 Å². The van der Waals surface area contributed by atoms with Crippen molar-refractivity contribution >= 4 is 28.3 Å². The van der Waals surface area contributed by atoms with E-state index in [-0.39, 0.29) is 6.04 Å². The molecule has 0 saturated carbocycles. The fraction of sp³-hybridized carbons (Fsp3) is 0.353. The average Bonchev–Trinajstić information content (AvgIpc) is 3.19. The monoisotopic (exact) mass is 330 g/mol. The molecule has 1 fully saturated rings. The van der Waals surface area contributed by atoms with Crippen LogP contribution in [0.25, 0.3) is 16.8 Å². The maximum absolute atomic E-state index is 6.37. The van der Waals surface area contributed by atoms with Crippen molar-refractivity contribution in [2.45, 2.75) is 26.3 Å². The number of fused-ring (bicyclic) bond motifs is 1. The summed E-state index contributed by atoms with van der Waals surface area (Å²) in [7, 11) is 0. The Morgan fingerprint density at radius 3 is 2.65 bits per heavy atom. The van der Waals surface area contributed by atoms with Gasteiger partial charge in [0.25, 0.3) is 0 Å². The summed E-state index contributed by atoms with van der Waals surface area (Å²) in [6, 6.07) is 8.19. The molecule has 23 heavy (non-hydrogen) atoms. The number of nitrogens with two attached hydrogens (primary N) is 1. The highest BCUT2D eigenvalue weighted by molar-refractivity contribution is 6.32. The van der Waals surface area contributed by atoms with Crippen LogP contribution in [0.15, 0.2) is 28.8 Å². The summed E-state index contributed by atoms with van der Waals surface area (Å²) in [4.78, 5) is 2.23. The molecule has 120 valence electrons. The first kappa shape index (κ1) is 14.6. The predicted molar refractivity (Wildman–Crippen MR) is 92.6 cm³/mol. The first-order valence-electron chi connectivity index (χ1n) is 7.79. The summed E-state index contributed by atoms with van der Waals surface area (Å²) >= 11 is 6.37. The van der Waals surface area contributed by atoms with Gasteiger partial charge in [-0.2, -0.15) is 0 Å². The van der Waals surface area contributed by atoms with Gasteiger partial charge in [0.05, 0.1) is 11.1 Å². The van der Waals surface area contributed by atoms with Crippen LogP contribution < -0.4 is 10.6 Å². The van der Waals surface area contributed by atoms with Gasteiger partial charge in [-0.05, 0) is 44.5 Å². The van der Waals surface area contributed by atoms with E-state index in [1.165, 1.54) is 0 Å². The molecule has 0 radical (unpaired) electrons. The van der Waals surface area contributed by atoms with Crippen molar-refractivity contribution in [3.05, 3.63) is 40.7 Å². The number of anilines is 1. The second-order valence-corrected chi connectivity index (χ2v) is 6.69. The molecule has 1 atom stereocenters. The fourth-order valence-electron chi connectivity index (χ4n) is 3.38. The number of hydrogen-bond acceptors (Lipinski definition) is 4. The molecule has 2 N–H and O–H groups in total. The zero-order valence-corrected chi connectivity index (χ0v) is 14.0. The minimum Gasteiger partial charge on any atom is -0.367 e. The summed E-state index contributed by atoms with van der Waals surface area (Å²) in [5, 5.41) is 5.93. The van der Waals surface area contributed by atoms with Crippen LogP contribution in [0.4, 0.5) is 5.69 Å². The Hall–Kier alpha value is -1.98. The van der Waals surface area contributed by atoms with Crippen molar-refractivity contribution in [1.82, 2.24) is 9.72 Å². The van der Waals surface area contributed by atoms with E-state index in [2.05, 4.69) is 40.6 Å². The summed E-state index contributed by atoms with van der Waals surface area (Å²) in [5.74, 6) is 0.784. The number of benzene rings is 1. The lowest BCUT2D eigenvalue weighted by molar-refractivity contribution is 0.451. The molecule has 2 aromatic heterocycles. The van der Waals surface area contributed by atoms with Crippen molar-refractivity contribution in [1.29, 1.82) is 0 Å². The minimum atomic E-state index is 0.195. The van der Waals surface area contributed by atoms with Crippen LogP contribution in [-0.4, -0.2) is 28.9 Å². The zero-order valence-electron chi connectivity index (χ0n) is 13.2. The third-order valence-corrected chi connectivity index (χ3v) is 4.76. The van der Waals surface area contributed by atoms with E-state index in [1.54, 1.807) is 0 Å². The fourth-order valence-corrected chi connectivity index (χ4v) is 3.60. The Kier molecular flexibility index (Phi) is 3.36. The molecular formula is C17H19ClN4O. The largest absolute Gasteiger partial charge is 0.367 e. The molecule has 3 aromatic rings. The molecule has 0 unspecified atom stereocenters. The average molecular weight is 331 g/mol. The molecule has 0 bridgehead atoms. The smallest absolute Gasteiger partial charge is 0.192 e. The van der Waals surface area contributed by atoms with E-state index in [1.807, 2.05) is 12.1 Å². The lowest BCUT2D eigenvalue weighted by Crippen LogP contribution is -2.26. The van der Waals surface area contributed by atoms with Gasteiger partial charge in [0.2, 0.25) is 0 Å². The lowest BCUT2D eigenvalue weighted by atomic mass is 10.2. The van der Waals surface area contributed by atoms with Crippen molar-refractivity contribution in [2.75, 3.05) is 18.0 Å². The molecule has 1 aliphatic heterocycles. The predicted octanol–water partition coefficient (Wildman–Crippen LogP) is 3.43. The van der Waals surface area contributed by atoms with E-state index in [0.717, 1.165) is 53.4 Å². The van der Waals surface area contributed by atoms with Gasteiger partial charge in [0, 0.05) is 35.5 Å². The number of rotatable bonds is 2. The number of aromatic nitrogens is 2. The van der Waals surface area contributed by atoms with Gasteiger partial charge < -0.3 is 15.2 Å². The van der Waals surface area contributed by atoms with Crippen LogP contribution in [0, 0.1) is 13.8 Å². The number of nitrogens with zero attached hydrogens (tertiary/aromatic N) is 3. The number of aryl methyl sites for hydroxylation is 2. The van der Waals surface area contributed by atoms with Gasteiger partial charge in [-0.3, -0.25) is 4.57 Å². The van der Waals surface area contributed by atoms with Gasteiger partial charge in [-0.15, -0.1) is 0 Å². The molecule has 0 spiro atoms. The molecule has 0 amide bonds. The summed E-state index contributed by atoms with van der Waals surface area (Å²) in [5.41, 5.74) is 10.0. The van der Waals surface area contributed by atoms with E-state index < -0.39 is 0 Å². The van der Waals surface area contributed by atoms with Crippen LogP contribution in [-0.2, 0) is 0 Å². The number of halogens is 1. The van der Waals surface area contributed by atoms with Crippen LogP contribution >= 0.6 is 11.6 Å². The number of hydrogen-bond donors (Lipinski definition) is 1. The highest BCUT2D eigenvalue weighted by Gasteiger charge is 2.25. The Morgan fingerprint density at radius 2 is 2.00 bits per heavy atom. The normalized spacial score (nSPS) is 18.3. The second-order valence-electron chi connectivity index (χ2n) is 6.25. The molecule has 6 heteroatoms. The van der Waals surface area contributed by atoms with Gasteiger partial charge in [-0.25, -0.2) is 0 Å². The standard InChI is InChI=1S/C17H19ClN4O/c1-10-3-4-11(2)22(10)17-14-7-12(18)8-15(16(14)23-20-17)21-6-5-13(19)9-21/h3-4,7-8,13H,5-6,9,19H2,1-2H3/t13-/m1/s1. The minimum absolute atomic E-state index is 0.195. The van der Waals surface area contributed by atoms with E-state index >= 15 is 0 Å². The maximum atomic E-state index is 6.37. The van der Waals surface area contributed by atoms with Gasteiger partial charge in [0.1, 0.15) is 0 Å². The van der Waals surface area contributed by atoms with Crippen molar-refractivity contribution in [3.63, 3.8) is 0 Å². The van der Waals surface area contributed by atoms with Crippen molar-refractivity contribution in [3.8, 4) is 5.82 Å². The summed E-state index contributed by atoms with van der Waals surface area (Å²) in [6.45, 7) is 5.83. The molecule has 3 heterocycles. The van der Waals surface area contributed by atoms with Crippen LogP contribution in [0.2, 0.25) is 5.02 Å². The third-order valence-electron chi connectivity index (χ3n) is 4.55. The molecule has 5 nitrogen and oxygen atoms in total. The topological polar surface area (TPSA) is 60.2 Å². The Morgan fingerprint density at radius 1 is 1.26 bits per heavy atom. The Balaban J connectivity index is 1.92. The first-order valence-corrected chi connectivity index (χ1v) is 8.17. The van der Waals surface area contributed by atoms with Crippen molar-refractivity contribution < 1.29 is 4.52 Å². The lowest BCUT2D eigenvalue weighted by Gasteiger charge is -2.18. The molecule has 0 aliphatic carbocycles. The Bertz CT molecular complexity index is 863. The second kappa shape index (κ2) is 5.28. The van der Waals surface area contributed by atoms with Crippen LogP contribution in [0.5, 0.6) is 0 Å². The van der Waals surface area contributed by atoms with Crippen LogP contribution in [0.1, 0.15) is 17.8 Å². The maximum Gasteiger partial charge on any atom is 0.192 e. The molecule has 1 saturated heterocycles. The Labute approximate surface area is 139 Å². The first-order chi connectivity index (χ1) is 11.0. The molecule has 4 rings (SSSR count). The summed E-state index contributed by atoms with van der Waals surface area (Å²) < 4.78 is 7.79. The molecule has 1 aromatic carbocycles. The van der Waals surface area contributed by atoms with Gasteiger partial charge in [-0.1, -0.05) is 16.8 Å². The third kappa shape index (κ3) is 2.31. The van der Waals surface area contributed by atoms with E-state index in [0.29, 0.717) is 5.02 Å². The molecule has 1 aliphatic rings. The zero-order chi connectivity index (χ0) is 16.1. The van der Waals surface area contributed by atoms with Gasteiger partial charge >= 0.3 is 0 Å².